The van der Waals surface area contributed by atoms with E-state index in [1.54, 1.807) is 13.0 Å². The largest absolute Gasteiger partial charge is 0.461 e. The Morgan fingerprint density at radius 3 is 2.59 bits per heavy atom. The molecule has 0 atom stereocenters. The van der Waals surface area contributed by atoms with Crippen molar-refractivity contribution in [3.8, 4) is 6.07 Å². The highest BCUT2D eigenvalue weighted by Crippen LogP contribution is 2.15. The summed E-state index contributed by atoms with van der Waals surface area (Å²) in [5, 5.41) is 8.67. The van der Waals surface area contributed by atoms with E-state index in [1.807, 2.05) is 26.8 Å². The third-order valence-electron chi connectivity index (χ3n) is 2.06. The summed E-state index contributed by atoms with van der Waals surface area (Å²) in [5.41, 5.74) is 1.16. The molecule has 1 aromatic rings. The number of aryl methyl sites for hydroxylation is 1. The van der Waals surface area contributed by atoms with Crippen LogP contribution in [0.15, 0.2) is 12.1 Å². The van der Waals surface area contributed by atoms with Crippen LogP contribution in [-0.2, 0) is 4.74 Å². The van der Waals surface area contributed by atoms with Crippen molar-refractivity contribution in [3.63, 3.8) is 0 Å². The molecule has 0 radical (unpaired) electrons. The van der Waals surface area contributed by atoms with Gasteiger partial charge in [-0.05, 0) is 24.5 Å². The molecule has 17 heavy (non-hydrogen) atoms. The molecule has 0 unspecified atom stereocenters. The zero-order valence-electron chi connectivity index (χ0n) is 10.6. The quantitative estimate of drug-likeness (QED) is 0.735. The Kier molecular flexibility index (Phi) is 3.84. The minimum absolute atomic E-state index is 0.0659. The van der Waals surface area contributed by atoms with Crippen LogP contribution >= 0.6 is 0 Å². The molecule has 4 nitrogen and oxygen atoms in total. The second kappa shape index (κ2) is 4.96. The molecule has 0 aromatic carbocycles. The minimum Gasteiger partial charge on any atom is -0.461 e. The Bertz CT molecular complexity index is 467. The van der Waals surface area contributed by atoms with Crippen molar-refractivity contribution in [3.05, 3.63) is 29.1 Å². The maximum Gasteiger partial charge on any atom is 0.339 e. The highest BCUT2D eigenvalue weighted by molar-refractivity contribution is 5.90. The number of nitriles is 1. The Morgan fingerprint density at radius 1 is 1.47 bits per heavy atom. The molecule has 1 heterocycles. The molecule has 0 bridgehead atoms. The van der Waals surface area contributed by atoms with Gasteiger partial charge in [0.05, 0.1) is 17.9 Å². The summed E-state index contributed by atoms with van der Waals surface area (Å²) in [6.07, 6.45) is 0. The number of aromatic nitrogens is 1. The number of rotatable bonds is 2. The molecule has 0 aliphatic heterocycles. The van der Waals surface area contributed by atoms with Gasteiger partial charge in [-0.25, -0.2) is 9.78 Å². The summed E-state index contributed by atoms with van der Waals surface area (Å²) < 4.78 is 5.19. The van der Waals surface area contributed by atoms with Gasteiger partial charge in [-0.2, -0.15) is 5.26 Å². The lowest BCUT2D eigenvalue weighted by Crippen LogP contribution is -2.19. The Balaban J connectivity index is 2.80. The molecule has 4 heteroatoms. The van der Waals surface area contributed by atoms with Gasteiger partial charge in [-0.15, -0.1) is 0 Å². The molecule has 0 aliphatic rings. The van der Waals surface area contributed by atoms with Crippen molar-refractivity contribution in [2.45, 2.75) is 27.7 Å². The number of carbonyl (C=O) groups excluding carboxylic acids is 1. The van der Waals surface area contributed by atoms with Crippen LogP contribution in [-0.4, -0.2) is 17.6 Å². The molecule has 1 rings (SSSR count). The SMILES string of the molecule is Cc1nc(C#N)ccc1C(=O)OCC(C)(C)C. The second-order valence-electron chi connectivity index (χ2n) is 5.08. The molecule has 0 N–H and O–H groups in total. The van der Waals surface area contributed by atoms with Gasteiger partial charge in [-0.3, -0.25) is 0 Å². The predicted octanol–water partition coefficient (Wildman–Crippen LogP) is 2.46. The number of hydrogen-bond donors (Lipinski definition) is 0. The first-order valence-corrected chi connectivity index (χ1v) is 5.38. The maximum absolute atomic E-state index is 11.8. The zero-order valence-corrected chi connectivity index (χ0v) is 10.6. The van der Waals surface area contributed by atoms with E-state index < -0.39 is 5.97 Å². The summed E-state index contributed by atoms with van der Waals surface area (Å²) >= 11 is 0. The lowest BCUT2D eigenvalue weighted by molar-refractivity contribution is 0.0365. The first kappa shape index (κ1) is 13.2. The van der Waals surface area contributed by atoms with Crippen LogP contribution in [0.25, 0.3) is 0 Å². The van der Waals surface area contributed by atoms with E-state index in [4.69, 9.17) is 10.00 Å². The Hall–Kier alpha value is -1.89. The van der Waals surface area contributed by atoms with Crippen LogP contribution < -0.4 is 0 Å². The maximum atomic E-state index is 11.8. The third-order valence-corrected chi connectivity index (χ3v) is 2.06. The molecule has 0 saturated heterocycles. The van der Waals surface area contributed by atoms with E-state index in [-0.39, 0.29) is 5.41 Å². The summed E-state index contributed by atoms with van der Waals surface area (Å²) in [7, 11) is 0. The molecule has 0 spiro atoms. The van der Waals surface area contributed by atoms with Crippen LogP contribution in [0.3, 0.4) is 0 Å². The molecule has 0 amide bonds. The third kappa shape index (κ3) is 3.87. The van der Waals surface area contributed by atoms with Gasteiger partial charge in [0, 0.05) is 0 Å². The molecule has 0 fully saturated rings. The number of carbonyl (C=O) groups is 1. The van der Waals surface area contributed by atoms with Crippen LogP contribution in [0.4, 0.5) is 0 Å². The van der Waals surface area contributed by atoms with E-state index >= 15 is 0 Å². The van der Waals surface area contributed by atoms with Gasteiger partial charge in [0.1, 0.15) is 11.8 Å². The lowest BCUT2D eigenvalue weighted by Gasteiger charge is -2.18. The van der Waals surface area contributed by atoms with Gasteiger partial charge in [0.2, 0.25) is 0 Å². The molecule has 0 aliphatic carbocycles. The standard InChI is InChI=1S/C13H16N2O2/c1-9-11(6-5-10(7-14)15-9)12(16)17-8-13(2,3)4/h5-6H,8H2,1-4H3. The fraction of sp³-hybridized carbons (Fsp3) is 0.462. The van der Waals surface area contributed by atoms with E-state index in [9.17, 15) is 4.79 Å². The average Bonchev–Trinajstić information content (AvgIpc) is 2.24. The lowest BCUT2D eigenvalue weighted by atomic mass is 9.99. The number of hydrogen-bond acceptors (Lipinski definition) is 4. The average molecular weight is 232 g/mol. The van der Waals surface area contributed by atoms with Crippen LogP contribution in [0.1, 0.15) is 42.5 Å². The van der Waals surface area contributed by atoms with E-state index in [0.29, 0.717) is 23.6 Å². The van der Waals surface area contributed by atoms with Gasteiger partial charge in [0.25, 0.3) is 0 Å². The van der Waals surface area contributed by atoms with E-state index in [2.05, 4.69) is 4.98 Å². The molecular weight excluding hydrogens is 216 g/mol. The first-order chi connectivity index (χ1) is 7.83. The zero-order chi connectivity index (χ0) is 13.1. The van der Waals surface area contributed by atoms with Crippen molar-refractivity contribution < 1.29 is 9.53 Å². The monoisotopic (exact) mass is 232 g/mol. The topological polar surface area (TPSA) is 63.0 Å². The van der Waals surface area contributed by atoms with Crippen LogP contribution in [0, 0.1) is 23.7 Å². The van der Waals surface area contributed by atoms with Crippen molar-refractivity contribution >= 4 is 5.97 Å². The van der Waals surface area contributed by atoms with Crippen molar-refractivity contribution in [2.24, 2.45) is 5.41 Å². The predicted molar refractivity (Wildman–Crippen MR) is 63.4 cm³/mol. The fourth-order valence-electron chi connectivity index (χ4n) is 1.20. The Labute approximate surface area is 101 Å². The fourth-order valence-corrected chi connectivity index (χ4v) is 1.20. The highest BCUT2D eigenvalue weighted by atomic mass is 16.5. The smallest absolute Gasteiger partial charge is 0.339 e. The Morgan fingerprint density at radius 2 is 2.12 bits per heavy atom. The molecule has 1 aromatic heterocycles. The van der Waals surface area contributed by atoms with Crippen molar-refractivity contribution in [1.29, 1.82) is 5.26 Å². The molecular formula is C13H16N2O2. The number of nitrogens with zero attached hydrogens (tertiary/aromatic N) is 2. The van der Waals surface area contributed by atoms with Gasteiger partial charge < -0.3 is 4.74 Å². The van der Waals surface area contributed by atoms with Gasteiger partial charge in [0.15, 0.2) is 0 Å². The van der Waals surface area contributed by atoms with E-state index in [0.717, 1.165) is 0 Å². The van der Waals surface area contributed by atoms with E-state index in [1.165, 1.54) is 6.07 Å². The summed E-state index contributed by atoms with van der Waals surface area (Å²) in [4.78, 5) is 15.8. The number of pyridine rings is 1. The summed E-state index contributed by atoms with van der Waals surface area (Å²) in [6, 6.07) is 5.02. The molecule has 90 valence electrons. The van der Waals surface area contributed by atoms with Crippen LogP contribution in [0.5, 0.6) is 0 Å². The normalized spacial score (nSPS) is 10.8. The van der Waals surface area contributed by atoms with Gasteiger partial charge in [-0.1, -0.05) is 20.8 Å². The van der Waals surface area contributed by atoms with Crippen LogP contribution in [0.2, 0.25) is 0 Å². The van der Waals surface area contributed by atoms with Gasteiger partial charge >= 0.3 is 5.97 Å². The highest BCUT2D eigenvalue weighted by Gasteiger charge is 2.17. The number of ether oxygens (including phenoxy) is 1. The van der Waals surface area contributed by atoms with Crippen molar-refractivity contribution in [1.82, 2.24) is 4.98 Å². The summed E-state index contributed by atoms with van der Waals surface area (Å²) in [6.45, 7) is 8.01. The minimum atomic E-state index is -0.394. The number of esters is 1. The second-order valence-corrected chi connectivity index (χ2v) is 5.08. The first-order valence-electron chi connectivity index (χ1n) is 5.38. The molecule has 0 saturated carbocycles. The summed E-state index contributed by atoms with van der Waals surface area (Å²) in [5.74, 6) is -0.394. The van der Waals surface area contributed by atoms with Crippen molar-refractivity contribution in [2.75, 3.05) is 6.61 Å².